The summed E-state index contributed by atoms with van der Waals surface area (Å²) in [6.45, 7) is 2.17. The average Bonchev–Trinajstić information content (AvgIpc) is 2.25. The molecule has 1 aromatic rings. The minimum Gasteiger partial charge on any atom is -0.467 e. The third kappa shape index (κ3) is 2.61. The van der Waals surface area contributed by atoms with Crippen molar-refractivity contribution >= 4 is 17.9 Å². The Morgan fingerprint density at radius 3 is 2.82 bits per heavy atom. The summed E-state index contributed by atoms with van der Waals surface area (Å²) in [6.07, 6.45) is 0. The smallest absolute Gasteiger partial charge is 0.346 e. The van der Waals surface area contributed by atoms with Crippen LogP contribution in [0.3, 0.4) is 0 Å². The predicted molar refractivity (Wildman–Crippen MR) is 64.5 cm³/mol. The number of methoxy groups -OCH3 is 1. The number of hydrogen-bond acceptors (Lipinski definition) is 4. The number of benzene rings is 1. The topological polar surface area (TPSA) is 29.5 Å². The van der Waals surface area contributed by atoms with Gasteiger partial charge in [-0.1, -0.05) is 12.1 Å². The highest BCUT2D eigenvalue weighted by Gasteiger charge is 2.51. The molecule has 0 saturated carbocycles. The number of rotatable bonds is 3. The average molecular weight is 255 g/mol. The van der Waals surface area contributed by atoms with Crippen LogP contribution in [0.4, 0.5) is 4.39 Å². The van der Waals surface area contributed by atoms with Crippen molar-refractivity contribution in [1.82, 2.24) is 4.31 Å². The van der Waals surface area contributed by atoms with Gasteiger partial charge in [-0.3, -0.25) is 0 Å². The first-order chi connectivity index (χ1) is 8.03. The molecule has 0 aliphatic carbocycles. The second kappa shape index (κ2) is 4.66. The predicted octanol–water partition coefficient (Wildman–Crippen LogP) is 2.20. The summed E-state index contributed by atoms with van der Waals surface area (Å²) < 4.78 is 20.0. The molecule has 1 aliphatic rings. The quantitative estimate of drug-likeness (QED) is 0.612. The molecule has 2 rings (SSSR count). The van der Waals surface area contributed by atoms with Gasteiger partial charge in [-0.25, -0.2) is 13.5 Å². The van der Waals surface area contributed by atoms with E-state index < -0.39 is 11.6 Å². The monoisotopic (exact) mass is 255 g/mol. The Morgan fingerprint density at radius 2 is 2.24 bits per heavy atom. The lowest BCUT2D eigenvalue weighted by molar-refractivity contribution is -0.162. The number of carbonyl (C=O) groups excluding carboxylic acids is 1. The van der Waals surface area contributed by atoms with Gasteiger partial charge in [-0.15, -0.1) is 0 Å². The molecule has 0 spiro atoms. The molecule has 1 fully saturated rings. The molecule has 0 amide bonds. The summed E-state index contributed by atoms with van der Waals surface area (Å²) in [5, 5.41) is 0. The number of aryl methyl sites for hydroxylation is 1. The van der Waals surface area contributed by atoms with Crippen LogP contribution in [-0.2, 0) is 9.53 Å². The maximum absolute atomic E-state index is 13.8. The van der Waals surface area contributed by atoms with Gasteiger partial charge in [-0.05, 0) is 36.6 Å². The molecule has 1 heterocycles. The van der Waals surface area contributed by atoms with E-state index in [2.05, 4.69) is 4.74 Å². The maximum Gasteiger partial charge on any atom is 0.346 e. The van der Waals surface area contributed by atoms with Crippen molar-refractivity contribution in [2.24, 2.45) is 0 Å². The molecule has 3 nitrogen and oxygen atoms in total. The molecule has 0 radical (unpaired) electrons. The van der Waals surface area contributed by atoms with Crippen LogP contribution >= 0.6 is 11.9 Å². The fraction of sp³-hybridized carbons (Fsp3) is 0.417. The lowest BCUT2D eigenvalue weighted by Crippen LogP contribution is -2.60. The van der Waals surface area contributed by atoms with E-state index in [1.165, 1.54) is 19.1 Å². The van der Waals surface area contributed by atoms with Gasteiger partial charge >= 0.3 is 5.97 Å². The molecule has 0 bridgehead atoms. The van der Waals surface area contributed by atoms with Crippen molar-refractivity contribution in [1.29, 1.82) is 0 Å². The van der Waals surface area contributed by atoms with E-state index in [1.807, 2.05) is 35.5 Å². The first-order valence-electron chi connectivity index (χ1n) is 5.30. The second-order valence-corrected chi connectivity index (χ2v) is 5.33. The molecule has 0 aromatic heterocycles. The summed E-state index contributed by atoms with van der Waals surface area (Å²) in [6, 6.07) is 7.96. The van der Waals surface area contributed by atoms with Crippen molar-refractivity contribution in [3.05, 3.63) is 29.8 Å². The lowest BCUT2D eigenvalue weighted by atomic mass is 10.0. The fourth-order valence-electron chi connectivity index (χ4n) is 1.71. The van der Waals surface area contributed by atoms with Crippen molar-refractivity contribution in [3.63, 3.8) is 0 Å². The van der Waals surface area contributed by atoms with E-state index in [1.54, 1.807) is 0 Å². The molecular weight excluding hydrogens is 241 g/mol. The number of halogens is 1. The summed E-state index contributed by atoms with van der Waals surface area (Å²) in [5.74, 6) is -0.779. The van der Waals surface area contributed by atoms with Gasteiger partial charge in [0, 0.05) is 4.90 Å². The van der Waals surface area contributed by atoms with Crippen LogP contribution in [0.1, 0.15) is 5.56 Å². The molecule has 1 aliphatic heterocycles. The molecular formula is C12H14FNO2S. The highest BCUT2D eigenvalue weighted by atomic mass is 32.2. The zero-order valence-electron chi connectivity index (χ0n) is 9.77. The standard InChI is InChI=1S/C12H14FNO2S/c1-9-4-3-5-10(6-9)17-14-7-12(13,8-14)11(15)16-2/h3-6H,7-8H2,1-2H3. The molecule has 17 heavy (non-hydrogen) atoms. The number of nitrogens with zero attached hydrogens (tertiary/aromatic N) is 1. The maximum atomic E-state index is 13.8. The molecule has 5 heteroatoms. The van der Waals surface area contributed by atoms with Gasteiger partial charge in [0.1, 0.15) is 0 Å². The van der Waals surface area contributed by atoms with Crippen LogP contribution < -0.4 is 0 Å². The van der Waals surface area contributed by atoms with Gasteiger partial charge < -0.3 is 4.74 Å². The van der Waals surface area contributed by atoms with Gasteiger partial charge in [0.2, 0.25) is 5.67 Å². The van der Waals surface area contributed by atoms with Crippen molar-refractivity contribution < 1.29 is 13.9 Å². The highest BCUT2D eigenvalue weighted by Crippen LogP contribution is 2.35. The zero-order valence-corrected chi connectivity index (χ0v) is 10.6. The third-order valence-corrected chi connectivity index (χ3v) is 3.61. The normalized spacial score (nSPS) is 18.5. The molecule has 1 saturated heterocycles. The molecule has 0 atom stereocenters. The van der Waals surface area contributed by atoms with E-state index in [0.29, 0.717) is 0 Å². The van der Waals surface area contributed by atoms with Crippen LogP contribution in [0.2, 0.25) is 0 Å². The molecule has 0 unspecified atom stereocenters. The number of esters is 1. The fourth-order valence-corrected chi connectivity index (χ4v) is 2.93. The van der Waals surface area contributed by atoms with Crippen LogP contribution in [-0.4, -0.2) is 36.1 Å². The molecule has 92 valence electrons. The Hall–Kier alpha value is -1.07. The van der Waals surface area contributed by atoms with Crippen molar-refractivity contribution in [3.8, 4) is 0 Å². The largest absolute Gasteiger partial charge is 0.467 e. The Labute approximate surface area is 104 Å². The highest BCUT2D eigenvalue weighted by molar-refractivity contribution is 7.97. The third-order valence-electron chi connectivity index (χ3n) is 2.63. The van der Waals surface area contributed by atoms with Crippen LogP contribution in [0.15, 0.2) is 29.2 Å². The van der Waals surface area contributed by atoms with E-state index in [9.17, 15) is 9.18 Å². The summed E-state index contributed by atoms with van der Waals surface area (Å²) in [7, 11) is 1.21. The summed E-state index contributed by atoms with van der Waals surface area (Å²) in [4.78, 5) is 12.2. The van der Waals surface area contributed by atoms with Crippen LogP contribution in [0.25, 0.3) is 0 Å². The first kappa shape index (κ1) is 12.4. The molecule has 1 aromatic carbocycles. The first-order valence-corrected chi connectivity index (χ1v) is 6.08. The van der Waals surface area contributed by atoms with Gasteiger partial charge in [0.25, 0.3) is 0 Å². The molecule has 0 N–H and O–H groups in total. The van der Waals surface area contributed by atoms with Gasteiger partial charge in [-0.2, -0.15) is 0 Å². The van der Waals surface area contributed by atoms with E-state index in [4.69, 9.17) is 0 Å². The Balaban J connectivity index is 1.91. The van der Waals surface area contributed by atoms with Gasteiger partial charge in [0.05, 0.1) is 20.2 Å². The minimum atomic E-state index is -1.83. The Kier molecular flexibility index (Phi) is 3.40. The number of hydrogen-bond donors (Lipinski definition) is 0. The SMILES string of the molecule is COC(=O)C1(F)CN(Sc2cccc(C)c2)C1. The number of alkyl halides is 1. The second-order valence-electron chi connectivity index (χ2n) is 4.16. The Bertz CT molecular complexity index is 432. The van der Waals surface area contributed by atoms with E-state index in [-0.39, 0.29) is 13.1 Å². The minimum absolute atomic E-state index is 0.0816. The lowest BCUT2D eigenvalue weighted by Gasteiger charge is -2.40. The van der Waals surface area contributed by atoms with Crippen molar-refractivity contribution in [2.45, 2.75) is 17.5 Å². The zero-order chi connectivity index (χ0) is 12.5. The van der Waals surface area contributed by atoms with E-state index >= 15 is 0 Å². The summed E-state index contributed by atoms with van der Waals surface area (Å²) in [5.41, 5.74) is -0.666. The van der Waals surface area contributed by atoms with Crippen molar-refractivity contribution in [2.75, 3.05) is 20.2 Å². The van der Waals surface area contributed by atoms with Crippen LogP contribution in [0, 0.1) is 6.92 Å². The van der Waals surface area contributed by atoms with E-state index in [0.717, 1.165) is 10.5 Å². The Morgan fingerprint density at radius 1 is 1.53 bits per heavy atom. The van der Waals surface area contributed by atoms with Crippen LogP contribution in [0.5, 0.6) is 0 Å². The number of ether oxygens (including phenoxy) is 1. The van der Waals surface area contributed by atoms with Gasteiger partial charge in [0.15, 0.2) is 0 Å². The number of carbonyl (C=O) groups is 1. The summed E-state index contributed by atoms with van der Waals surface area (Å²) >= 11 is 1.46.